The number of carbonyl (C=O) groups is 2. The number of nitrogens with one attached hydrogen (secondary N) is 2. The molecule has 3 fully saturated rings. The van der Waals surface area contributed by atoms with E-state index in [-0.39, 0.29) is 42.8 Å². The molecular weight excluding hydrogens is 423 g/mol. The highest BCUT2D eigenvalue weighted by atomic mass is 35.5. The molecule has 3 saturated heterocycles. The summed E-state index contributed by atoms with van der Waals surface area (Å²) in [6.45, 7) is 5.63. The number of fused-ring (bicyclic) bond motifs is 1. The van der Waals surface area contributed by atoms with Crippen LogP contribution in [0.3, 0.4) is 0 Å². The van der Waals surface area contributed by atoms with Crippen molar-refractivity contribution in [3.63, 3.8) is 0 Å². The number of quaternary nitrogens is 2. The van der Waals surface area contributed by atoms with Crippen molar-refractivity contribution < 1.29 is 48.9 Å². The van der Waals surface area contributed by atoms with E-state index in [9.17, 15) is 9.59 Å². The molecular formula is C18H26Cl2N4O3S. The van der Waals surface area contributed by atoms with Gasteiger partial charge in [-0.15, -0.1) is 11.8 Å². The van der Waals surface area contributed by atoms with Crippen molar-refractivity contribution in [2.75, 3.05) is 58.0 Å². The molecule has 0 spiro atoms. The summed E-state index contributed by atoms with van der Waals surface area (Å²) in [7, 11) is 1.68. The Labute approximate surface area is 182 Å². The van der Waals surface area contributed by atoms with Crippen LogP contribution < -0.4 is 39.4 Å². The molecule has 3 heterocycles. The Hall–Kier alpha value is -1.19. The molecule has 0 saturated carbocycles. The number of carbonyl (C=O) groups excluding carboxylic acids is 2. The van der Waals surface area contributed by atoms with Crippen molar-refractivity contribution >= 4 is 29.4 Å². The first-order valence-corrected chi connectivity index (χ1v) is 10.4. The molecule has 3 aliphatic rings. The zero-order valence-corrected chi connectivity index (χ0v) is 18.2. The quantitative estimate of drug-likeness (QED) is 0.439. The predicted molar refractivity (Wildman–Crippen MR) is 99.0 cm³/mol. The van der Waals surface area contributed by atoms with Gasteiger partial charge in [0.1, 0.15) is 43.7 Å². The summed E-state index contributed by atoms with van der Waals surface area (Å²) in [4.78, 5) is 30.9. The van der Waals surface area contributed by atoms with E-state index in [1.165, 1.54) is 20.4 Å². The highest BCUT2D eigenvalue weighted by Crippen LogP contribution is 2.28. The number of thioether (sulfide) groups is 1. The van der Waals surface area contributed by atoms with Crippen molar-refractivity contribution in [3.8, 4) is 5.75 Å². The fraction of sp³-hybridized carbons (Fsp3) is 0.556. The Morgan fingerprint density at radius 1 is 1.11 bits per heavy atom. The number of hydrogen-bond acceptors (Lipinski definition) is 4. The van der Waals surface area contributed by atoms with E-state index in [1.54, 1.807) is 23.8 Å². The minimum absolute atomic E-state index is 0. The molecule has 1 aromatic carbocycles. The second kappa shape index (κ2) is 10.0. The van der Waals surface area contributed by atoms with E-state index < -0.39 is 0 Å². The number of urea groups is 1. The molecule has 0 bridgehead atoms. The first-order chi connectivity index (χ1) is 12.7. The lowest BCUT2D eigenvalue weighted by molar-refractivity contribution is -0.986. The largest absolute Gasteiger partial charge is 1.00 e. The van der Waals surface area contributed by atoms with Crippen molar-refractivity contribution in [1.82, 2.24) is 9.80 Å². The van der Waals surface area contributed by atoms with Crippen LogP contribution in [0.25, 0.3) is 0 Å². The van der Waals surface area contributed by atoms with E-state index >= 15 is 0 Å². The Morgan fingerprint density at radius 2 is 1.79 bits per heavy atom. The standard InChI is InChI=1S/C18H24N4O3S.2ClH/c1-25-15-4-2-14(3-5-15)20-9-6-19(7-10-20)8-11-21-17(23)16-12-26-13-22(16)18(21)24;;/h2-5,16H,6-13H2,1H3;2*1H. The third kappa shape index (κ3) is 4.52. The summed E-state index contributed by atoms with van der Waals surface area (Å²) in [5.41, 5.74) is 1.30. The molecule has 0 aromatic heterocycles. The first kappa shape index (κ1) is 23.1. The van der Waals surface area contributed by atoms with Gasteiger partial charge in [-0.25, -0.2) is 4.79 Å². The van der Waals surface area contributed by atoms with Crippen molar-refractivity contribution in [2.24, 2.45) is 0 Å². The van der Waals surface area contributed by atoms with Gasteiger partial charge < -0.3 is 39.4 Å². The molecule has 3 amide bonds. The second-order valence-corrected chi connectivity index (χ2v) is 8.09. The van der Waals surface area contributed by atoms with Crippen LogP contribution in [-0.4, -0.2) is 85.8 Å². The van der Waals surface area contributed by atoms with Crippen molar-refractivity contribution in [2.45, 2.75) is 6.04 Å². The Bertz CT molecular complexity index is 664. The van der Waals surface area contributed by atoms with Crippen molar-refractivity contribution in [1.29, 1.82) is 0 Å². The Morgan fingerprint density at radius 3 is 2.39 bits per heavy atom. The monoisotopic (exact) mass is 448 g/mol. The molecule has 28 heavy (non-hydrogen) atoms. The number of piperazine rings is 1. The van der Waals surface area contributed by atoms with Gasteiger partial charge in [0, 0.05) is 17.9 Å². The van der Waals surface area contributed by atoms with E-state index in [0.717, 1.165) is 44.2 Å². The van der Waals surface area contributed by atoms with E-state index in [4.69, 9.17) is 4.74 Å². The maximum absolute atomic E-state index is 12.4. The molecule has 4 rings (SSSR count). The van der Waals surface area contributed by atoms with Gasteiger partial charge in [0.2, 0.25) is 0 Å². The summed E-state index contributed by atoms with van der Waals surface area (Å²) in [6.07, 6.45) is 0. The number of nitrogens with zero attached hydrogens (tertiary/aromatic N) is 2. The SMILES string of the molecule is COc1ccc([NH+]2CC[NH+](CCN3C(=O)C4CSCN4C3=O)CC2)cc1.[Cl-].[Cl-]. The fourth-order valence-corrected chi connectivity index (χ4v) is 5.15. The average Bonchev–Trinajstić information content (AvgIpc) is 3.25. The Balaban J connectivity index is 0.00000140. The lowest BCUT2D eigenvalue weighted by atomic mass is 10.2. The predicted octanol–water partition coefficient (Wildman–Crippen LogP) is -7.54. The maximum Gasteiger partial charge on any atom is 0.328 e. The number of imide groups is 1. The summed E-state index contributed by atoms with van der Waals surface area (Å²) in [5, 5.41) is 0. The summed E-state index contributed by atoms with van der Waals surface area (Å²) >= 11 is 1.66. The van der Waals surface area contributed by atoms with Crippen LogP contribution >= 0.6 is 11.8 Å². The maximum atomic E-state index is 12.4. The molecule has 0 aliphatic carbocycles. The van der Waals surface area contributed by atoms with Crippen LogP contribution in [0.4, 0.5) is 10.5 Å². The minimum atomic E-state index is -0.209. The van der Waals surface area contributed by atoms with Crippen LogP contribution in [0.2, 0.25) is 0 Å². The molecule has 1 atom stereocenters. The van der Waals surface area contributed by atoms with E-state index in [2.05, 4.69) is 12.1 Å². The smallest absolute Gasteiger partial charge is 0.328 e. The number of halogens is 2. The van der Waals surface area contributed by atoms with Crippen LogP contribution in [0.15, 0.2) is 24.3 Å². The van der Waals surface area contributed by atoms with Gasteiger partial charge >= 0.3 is 6.03 Å². The number of rotatable bonds is 5. The highest BCUT2D eigenvalue weighted by molar-refractivity contribution is 7.99. The molecule has 7 nitrogen and oxygen atoms in total. The normalized spacial score (nSPS) is 26.5. The third-order valence-electron chi connectivity index (χ3n) is 5.66. The number of ether oxygens (including phenoxy) is 1. The molecule has 0 radical (unpaired) electrons. The Kier molecular flexibility index (Phi) is 8.27. The average molecular weight is 449 g/mol. The fourth-order valence-electron chi connectivity index (χ4n) is 4.01. The lowest BCUT2D eigenvalue weighted by Gasteiger charge is -2.30. The van der Waals surface area contributed by atoms with Gasteiger partial charge in [0.15, 0.2) is 0 Å². The molecule has 1 aromatic rings. The zero-order valence-electron chi connectivity index (χ0n) is 15.8. The number of hydrogen-bond donors (Lipinski definition) is 2. The summed E-state index contributed by atoms with van der Waals surface area (Å²) in [5.74, 6) is 2.29. The van der Waals surface area contributed by atoms with Gasteiger partial charge in [0.25, 0.3) is 5.91 Å². The molecule has 2 N–H and O–H groups in total. The third-order valence-corrected chi connectivity index (χ3v) is 6.67. The number of benzene rings is 1. The first-order valence-electron chi connectivity index (χ1n) is 9.20. The number of amides is 3. The summed E-state index contributed by atoms with van der Waals surface area (Å²) < 4.78 is 5.22. The van der Waals surface area contributed by atoms with Crippen LogP contribution in [0.1, 0.15) is 0 Å². The van der Waals surface area contributed by atoms with Crippen LogP contribution in [0, 0.1) is 0 Å². The van der Waals surface area contributed by atoms with Gasteiger partial charge in [-0.3, -0.25) is 14.6 Å². The topological polar surface area (TPSA) is 58.7 Å². The van der Waals surface area contributed by atoms with Gasteiger partial charge in [0.05, 0.1) is 26.1 Å². The van der Waals surface area contributed by atoms with Crippen LogP contribution in [0.5, 0.6) is 5.75 Å². The molecule has 1 unspecified atom stereocenters. The van der Waals surface area contributed by atoms with Crippen LogP contribution in [-0.2, 0) is 4.79 Å². The van der Waals surface area contributed by atoms with Gasteiger partial charge in [-0.1, -0.05) is 0 Å². The van der Waals surface area contributed by atoms with Crippen molar-refractivity contribution in [3.05, 3.63) is 24.3 Å². The van der Waals surface area contributed by atoms with Gasteiger partial charge in [-0.05, 0) is 12.1 Å². The summed E-state index contributed by atoms with van der Waals surface area (Å²) in [6, 6.07) is 7.98. The van der Waals surface area contributed by atoms with Gasteiger partial charge in [-0.2, -0.15) is 0 Å². The second-order valence-electron chi connectivity index (χ2n) is 7.09. The van der Waals surface area contributed by atoms with E-state index in [0.29, 0.717) is 12.4 Å². The lowest BCUT2D eigenvalue weighted by Crippen LogP contribution is -3.26. The zero-order chi connectivity index (χ0) is 18.1. The van der Waals surface area contributed by atoms with E-state index in [1.807, 2.05) is 12.1 Å². The molecule has 10 heteroatoms. The minimum Gasteiger partial charge on any atom is -1.00 e. The molecule has 3 aliphatic heterocycles. The molecule has 156 valence electrons. The number of methoxy groups -OCH3 is 1. The highest BCUT2D eigenvalue weighted by Gasteiger charge is 2.47.